The van der Waals surface area contributed by atoms with E-state index in [1.807, 2.05) is 30.5 Å². The van der Waals surface area contributed by atoms with E-state index in [-0.39, 0.29) is 11.2 Å². The molecule has 0 bridgehead atoms. The van der Waals surface area contributed by atoms with Gasteiger partial charge in [-0.15, -0.1) is 0 Å². The van der Waals surface area contributed by atoms with E-state index in [4.69, 9.17) is 0 Å². The van der Waals surface area contributed by atoms with Crippen LogP contribution in [0.15, 0.2) is 48.8 Å². The molecule has 0 aliphatic rings. The molecule has 2 aromatic heterocycles. The summed E-state index contributed by atoms with van der Waals surface area (Å²) < 4.78 is 13.1. The van der Waals surface area contributed by atoms with Crippen LogP contribution in [0.2, 0.25) is 0 Å². The van der Waals surface area contributed by atoms with Gasteiger partial charge in [-0.2, -0.15) is 0 Å². The zero-order valence-electron chi connectivity index (χ0n) is 17.4. The van der Waals surface area contributed by atoms with E-state index in [0.29, 0.717) is 12.1 Å². The van der Waals surface area contributed by atoms with Gasteiger partial charge < -0.3 is 15.4 Å². The van der Waals surface area contributed by atoms with Gasteiger partial charge in [0.05, 0.1) is 17.9 Å². The summed E-state index contributed by atoms with van der Waals surface area (Å²) in [5, 5.41) is 11.9. The normalized spacial score (nSPS) is 12.5. The van der Waals surface area contributed by atoms with E-state index in [1.54, 1.807) is 6.07 Å². The van der Waals surface area contributed by atoms with Crippen LogP contribution in [0.1, 0.15) is 50.3 Å². The molecular formula is C23H27FN4O2. The smallest absolute Gasteiger partial charge is 0.405 e. The van der Waals surface area contributed by atoms with Crippen molar-refractivity contribution >= 4 is 6.09 Å². The lowest BCUT2D eigenvalue weighted by atomic mass is 9.85. The number of imidazole rings is 1. The maximum atomic E-state index is 13.1. The molecule has 30 heavy (non-hydrogen) atoms. The van der Waals surface area contributed by atoms with Crippen LogP contribution in [0, 0.1) is 11.2 Å². The highest BCUT2D eigenvalue weighted by atomic mass is 19.1. The monoisotopic (exact) mass is 410 g/mol. The minimum Gasteiger partial charge on any atom is -0.465 e. The van der Waals surface area contributed by atoms with E-state index < -0.39 is 12.1 Å². The molecule has 7 heteroatoms. The fraction of sp³-hybridized carbons (Fsp3) is 0.348. The minimum atomic E-state index is -1.09. The Labute approximate surface area is 175 Å². The number of hydrogen-bond donors (Lipinski definition) is 3. The summed E-state index contributed by atoms with van der Waals surface area (Å²) >= 11 is 0. The molecule has 0 radical (unpaired) electrons. The van der Waals surface area contributed by atoms with Gasteiger partial charge in [-0.25, -0.2) is 14.2 Å². The van der Waals surface area contributed by atoms with Crippen molar-refractivity contribution in [3.63, 3.8) is 0 Å². The van der Waals surface area contributed by atoms with Crippen molar-refractivity contribution in [3.05, 3.63) is 71.7 Å². The average Bonchev–Trinajstić information content (AvgIpc) is 3.14. The van der Waals surface area contributed by atoms with Gasteiger partial charge in [0.25, 0.3) is 0 Å². The van der Waals surface area contributed by atoms with Crippen molar-refractivity contribution in [2.24, 2.45) is 5.41 Å². The Kier molecular flexibility index (Phi) is 6.50. The van der Waals surface area contributed by atoms with Crippen LogP contribution in [0.25, 0.3) is 11.3 Å². The average molecular weight is 410 g/mol. The van der Waals surface area contributed by atoms with Gasteiger partial charge in [0, 0.05) is 23.9 Å². The number of hydrogen-bond acceptors (Lipinski definition) is 3. The number of nitrogens with zero attached hydrogens (tertiary/aromatic N) is 2. The van der Waals surface area contributed by atoms with Gasteiger partial charge in [0.15, 0.2) is 0 Å². The highest BCUT2D eigenvalue weighted by Crippen LogP contribution is 2.26. The van der Waals surface area contributed by atoms with Gasteiger partial charge >= 0.3 is 6.09 Å². The molecule has 0 aliphatic heterocycles. The van der Waals surface area contributed by atoms with E-state index in [1.165, 1.54) is 12.3 Å². The van der Waals surface area contributed by atoms with E-state index in [2.05, 4.69) is 41.0 Å². The Morgan fingerprint density at radius 3 is 2.50 bits per heavy atom. The Morgan fingerprint density at radius 2 is 1.90 bits per heavy atom. The molecule has 1 amide bonds. The SMILES string of the molecule is CCC(C)(C)Cc1cnc(CC(NC(=O)O)c2ccc(-c3ccc(F)cn3)cc2)[nH]1. The van der Waals surface area contributed by atoms with E-state index >= 15 is 0 Å². The highest BCUT2D eigenvalue weighted by Gasteiger charge is 2.20. The summed E-state index contributed by atoms with van der Waals surface area (Å²) in [6, 6.07) is 9.93. The molecule has 158 valence electrons. The lowest BCUT2D eigenvalue weighted by Crippen LogP contribution is -2.28. The Hall–Kier alpha value is -3.22. The molecule has 3 aromatic rings. The van der Waals surface area contributed by atoms with Crippen LogP contribution in [-0.2, 0) is 12.8 Å². The first-order valence-corrected chi connectivity index (χ1v) is 10.00. The van der Waals surface area contributed by atoms with Crippen molar-refractivity contribution in [2.75, 3.05) is 0 Å². The molecule has 0 fully saturated rings. The molecule has 1 atom stereocenters. The van der Waals surface area contributed by atoms with Gasteiger partial charge in [0.2, 0.25) is 0 Å². The summed E-state index contributed by atoms with van der Waals surface area (Å²) in [7, 11) is 0. The van der Waals surface area contributed by atoms with Crippen molar-refractivity contribution in [1.29, 1.82) is 0 Å². The highest BCUT2D eigenvalue weighted by molar-refractivity contribution is 5.65. The number of halogens is 1. The third-order valence-electron chi connectivity index (χ3n) is 5.34. The minimum absolute atomic E-state index is 0.173. The second-order valence-electron chi connectivity index (χ2n) is 8.24. The van der Waals surface area contributed by atoms with Gasteiger partial charge in [-0.3, -0.25) is 4.98 Å². The van der Waals surface area contributed by atoms with Gasteiger partial charge in [0.1, 0.15) is 11.6 Å². The number of aromatic amines is 1. The molecule has 0 aliphatic carbocycles. The van der Waals surface area contributed by atoms with Crippen molar-refractivity contribution < 1.29 is 14.3 Å². The summed E-state index contributed by atoms with van der Waals surface area (Å²) in [6.45, 7) is 6.58. The fourth-order valence-corrected chi connectivity index (χ4v) is 3.27. The summed E-state index contributed by atoms with van der Waals surface area (Å²) in [6.07, 6.45) is 4.25. The van der Waals surface area contributed by atoms with Crippen molar-refractivity contribution in [1.82, 2.24) is 20.3 Å². The summed E-state index contributed by atoms with van der Waals surface area (Å²) in [5.74, 6) is 0.348. The van der Waals surface area contributed by atoms with Crippen LogP contribution in [-0.4, -0.2) is 26.2 Å². The molecule has 1 unspecified atom stereocenters. The zero-order valence-corrected chi connectivity index (χ0v) is 17.4. The lowest BCUT2D eigenvalue weighted by Gasteiger charge is -2.21. The molecular weight excluding hydrogens is 383 g/mol. The Balaban J connectivity index is 1.77. The number of carboxylic acid groups (broad SMARTS) is 1. The molecule has 6 nitrogen and oxygen atoms in total. The second kappa shape index (κ2) is 9.07. The standard InChI is InChI=1S/C23H27FN4O2/c1-4-23(2,3)12-18-14-26-21(27-18)11-20(28-22(29)30)16-7-5-15(6-8-16)19-10-9-17(24)13-25-19/h5-10,13-14,20,28H,4,11-12H2,1-3H3,(H,26,27)(H,29,30). The van der Waals surface area contributed by atoms with Gasteiger partial charge in [-0.05, 0) is 29.5 Å². The molecule has 0 saturated heterocycles. The van der Waals surface area contributed by atoms with Crippen LogP contribution >= 0.6 is 0 Å². The largest absolute Gasteiger partial charge is 0.465 e. The first kappa shape index (κ1) is 21.5. The number of H-pyrrole nitrogens is 1. The number of carbonyl (C=O) groups is 1. The predicted octanol–water partition coefficient (Wildman–Crippen LogP) is 5.14. The van der Waals surface area contributed by atoms with E-state index in [9.17, 15) is 14.3 Å². The van der Waals surface area contributed by atoms with Crippen LogP contribution in [0.5, 0.6) is 0 Å². The summed E-state index contributed by atoms with van der Waals surface area (Å²) in [4.78, 5) is 23.2. The quantitative estimate of drug-likeness (QED) is 0.479. The number of amides is 1. The maximum Gasteiger partial charge on any atom is 0.405 e. The molecule has 1 aromatic carbocycles. The topological polar surface area (TPSA) is 90.9 Å². The molecule has 3 rings (SSSR count). The number of pyridine rings is 1. The van der Waals surface area contributed by atoms with Crippen LogP contribution in [0.3, 0.4) is 0 Å². The number of benzene rings is 1. The molecule has 2 heterocycles. The lowest BCUT2D eigenvalue weighted by molar-refractivity contribution is 0.189. The first-order valence-electron chi connectivity index (χ1n) is 10.00. The van der Waals surface area contributed by atoms with Crippen molar-refractivity contribution in [2.45, 2.75) is 46.1 Å². The zero-order chi connectivity index (χ0) is 21.7. The third-order valence-corrected chi connectivity index (χ3v) is 5.34. The van der Waals surface area contributed by atoms with Crippen LogP contribution in [0.4, 0.5) is 9.18 Å². The number of nitrogens with one attached hydrogen (secondary N) is 2. The molecule has 3 N–H and O–H groups in total. The fourth-order valence-electron chi connectivity index (χ4n) is 3.27. The third kappa shape index (κ3) is 5.65. The van der Waals surface area contributed by atoms with Crippen molar-refractivity contribution in [3.8, 4) is 11.3 Å². The second-order valence-corrected chi connectivity index (χ2v) is 8.24. The maximum absolute atomic E-state index is 13.1. The Bertz CT molecular complexity index is 981. The van der Waals surface area contributed by atoms with Crippen LogP contribution < -0.4 is 5.32 Å². The van der Waals surface area contributed by atoms with E-state index in [0.717, 1.165) is 35.5 Å². The first-order chi connectivity index (χ1) is 14.3. The molecule has 0 saturated carbocycles. The Morgan fingerprint density at radius 1 is 1.17 bits per heavy atom. The summed E-state index contributed by atoms with van der Waals surface area (Å²) in [5.41, 5.74) is 3.51. The molecule has 0 spiro atoms. The van der Waals surface area contributed by atoms with Gasteiger partial charge in [-0.1, -0.05) is 51.5 Å². The predicted molar refractivity (Wildman–Crippen MR) is 114 cm³/mol. The number of rotatable bonds is 8. The number of aromatic nitrogens is 3.